The highest BCUT2D eigenvalue weighted by atomic mass is 16.5. The molecule has 1 aromatic heterocycles. The monoisotopic (exact) mass is 414 g/mol. The van der Waals surface area contributed by atoms with Crippen LogP contribution < -0.4 is 9.64 Å². The van der Waals surface area contributed by atoms with Crippen LogP contribution in [0, 0.1) is 5.92 Å². The number of hydrogen-bond acceptors (Lipinski definition) is 3. The maximum atomic E-state index is 13.4. The second-order valence-electron chi connectivity index (χ2n) is 9.11. The molecular formula is C25H26N4O2. The van der Waals surface area contributed by atoms with Crippen LogP contribution in [0.5, 0.6) is 5.75 Å². The third kappa shape index (κ3) is 3.56. The van der Waals surface area contributed by atoms with Crippen LogP contribution in [0.3, 0.4) is 0 Å². The summed E-state index contributed by atoms with van der Waals surface area (Å²) < 4.78 is 5.94. The number of nitrogens with zero attached hydrogens (tertiary/aromatic N) is 3. The average molecular weight is 415 g/mol. The van der Waals surface area contributed by atoms with Gasteiger partial charge in [-0.1, -0.05) is 24.3 Å². The van der Waals surface area contributed by atoms with Gasteiger partial charge < -0.3 is 9.64 Å². The molecule has 3 fully saturated rings. The number of nitrogens with one attached hydrogen (secondary N) is 1. The minimum absolute atomic E-state index is 0.0226. The van der Waals surface area contributed by atoms with Crippen molar-refractivity contribution in [2.45, 2.75) is 37.8 Å². The van der Waals surface area contributed by atoms with Crippen LogP contribution in [0.1, 0.15) is 31.2 Å². The largest absolute Gasteiger partial charge is 0.493 e. The van der Waals surface area contributed by atoms with E-state index in [4.69, 9.17) is 4.74 Å². The van der Waals surface area contributed by atoms with E-state index in [-0.39, 0.29) is 11.6 Å². The highest BCUT2D eigenvalue weighted by Gasteiger charge is 2.57. The van der Waals surface area contributed by atoms with E-state index in [2.05, 4.69) is 39.4 Å². The van der Waals surface area contributed by atoms with Crippen LogP contribution in [0.15, 0.2) is 60.9 Å². The van der Waals surface area contributed by atoms with E-state index in [1.807, 2.05) is 35.4 Å². The fraction of sp³-hybridized carbons (Fsp3) is 0.360. The highest BCUT2D eigenvalue weighted by Crippen LogP contribution is 2.48. The van der Waals surface area contributed by atoms with Gasteiger partial charge >= 0.3 is 6.03 Å². The molecule has 0 unspecified atom stereocenters. The number of benzene rings is 2. The molecule has 2 aromatic carbocycles. The molecule has 1 aliphatic heterocycles. The van der Waals surface area contributed by atoms with Gasteiger partial charge in [0.2, 0.25) is 0 Å². The van der Waals surface area contributed by atoms with E-state index in [1.165, 1.54) is 12.8 Å². The average Bonchev–Trinajstić information content (AvgIpc) is 3.71. The van der Waals surface area contributed by atoms with Gasteiger partial charge in [0.25, 0.3) is 0 Å². The normalized spacial score (nSPS) is 19.3. The molecule has 3 aliphatic rings. The molecule has 3 aromatic rings. The van der Waals surface area contributed by atoms with Crippen molar-refractivity contribution in [3.63, 3.8) is 0 Å². The van der Waals surface area contributed by atoms with Crippen molar-refractivity contribution in [3.05, 3.63) is 66.5 Å². The third-order valence-corrected chi connectivity index (χ3v) is 6.75. The number of amides is 2. The highest BCUT2D eigenvalue weighted by molar-refractivity contribution is 5.96. The number of rotatable bonds is 7. The number of hydrogen-bond donors (Lipinski definition) is 1. The summed E-state index contributed by atoms with van der Waals surface area (Å²) in [5.41, 5.74) is 4.19. The topological polar surface area (TPSA) is 61.5 Å². The van der Waals surface area contributed by atoms with Gasteiger partial charge in [0, 0.05) is 24.0 Å². The van der Waals surface area contributed by atoms with Crippen molar-refractivity contribution in [2.24, 2.45) is 5.92 Å². The Kier molecular flexibility index (Phi) is 4.26. The summed E-state index contributed by atoms with van der Waals surface area (Å²) >= 11 is 0. The molecule has 2 saturated carbocycles. The molecule has 2 amide bonds. The number of anilines is 1. The Bertz CT molecular complexity index is 1080. The van der Waals surface area contributed by atoms with E-state index in [0.29, 0.717) is 6.54 Å². The number of aromatic nitrogens is 2. The van der Waals surface area contributed by atoms with Gasteiger partial charge in [-0.05, 0) is 67.0 Å². The SMILES string of the molecule is O=C1N(c2ccc(-c3cn[nH]c3)cc2)CC2(CC2)N1Cc1cccc(OCC2CC2)c1. The van der Waals surface area contributed by atoms with Gasteiger partial charge in [-0.25, -0.2) is 4.79 Å². The van der Waals surface area contributed by atoms with Crippen LogP contribution in [-0.4, -0.2) is 39.8 Å². The minimum atomic E-state index is -0.0226. The quantitative estimate of drug-likeness (QED) is 0.602. The van der Waals surface area contributed by atoms with E-state index in [0.717, 1.165) is 60.0 Å². The summed E-state index contributed by atoms with van der Waals surface area (Å²) in [5.74, 6) is 1.64. The van der Waals surface area contributed by atoms with Crippen molar-refractivity contribution >= 4 is 11.7 Å². The van der Waals surface area contributed by atoms with Crippen LogP contribution in [-0.2, 0) is 6.54 Å². The smallest absolute Gasteiger partial charge is 0.325 e. The zero-order valence-electron chi connectivity index (χ0n) is 17.5. The van der Waals surface area contributed by atoms with Crippen LogP contribution in [0.4, 0.5) is 10.5 Å². The van der Waals surface area contributed by atoms with E-state index in [9.17, 15) is 4.79 Å². The molecule has 1 spiro atoms. The summed E-state index contributed by atoms with van der Waals surface area (Å²) in [6, 6.07) is 16.5. The first-order chi connectivity index (χ1) is 15.2. The number of ether oxygens (including phenoxy) is 1. The molecule has 6 heteroatoms. The summed E-state index contributed by atoms with van der Waals surface area (Å²) in [6.45, 7) is 2.19. The lowest BCUT2D eigenvalue weighted by Gasteiger charge is -2.23. The number of carbonyl (C=O) groups is 1. The fourth-order valence-electron chi connectivity index (χ4n) is 4.46. The lowest BCUT2D eigenvalue weighted by molar-refractivity contribution is 0.197. The molecule has 0 bridgehead atoms. The Morgan fingerprint density at radius 1 is 1.10 bits per heavy atom. The Morgan fingerprint density at radius 3 is 2.65 bits per heavy atom. The number of H-pyrrole nitrogens is 1. The molecule has 6 nitrogen and oxygen atoms in total. The minimum Gasteiger partial charge on any atom is -0.493 e. The molecule has 1 N–H and O–H groups in total. The molecule has 158 valence electrons. The van der Waals surface area contributed by atoms with Crippen molar-refractivity contribution in [1.29, 1.82) is 0 Å². The van der Waals surface area contributed by atoms with Crippen molar-refractivity contribution in [3.8, 4) is 16.9 Å². The van der Waals surface area contributed by atoms with Gasteiger partial charge in [-0.15, -0.1) is 0 Å². The first-order valence-electron chi connectivity index (χ1n) is 11.1. The predicted molar refractivity (Wildman–Crippen MR) is 119 cm³/mol. The van der Waals surface area contributed by atoms with Crippen LogP contribution in [0.2, 0.25) is 0 Å². The number of carbonyl (C=O) groups excluding carboxylic acids is 1. The lowest BCUT2D eigenvalue weighted by Crippen LogP contribution is -2.35. The molecule has 6 rings (SSSR count). The standard InChI is InChI=1S/C25H26N4O2/c30-24-28(22-8-6-20(7-9-22)21-13-26-27-14-21)17-25(10-11-25)29(24)15-19-2-1-3-23(12-19)31-16-18-4-5-18/h1-3,6-9,12-14,18H,4-5,10-11,15-17H2,(H,26,27). The Balaban J connectivity index is 1.19. The molecule has 2 heterocycles. The van der Waals surface area contributed by atoms with Crippen LogP contribution in [0.25, 0.3) is 11.1 Å². The maximum absolute atomic E-state index is 13.4. The lowest BCUT2D eigenvalue weighted by atomic mass is 10.1. The summed E-state index contributed by atoms with van der Waals surface area (Å²) in [6.07, 6.45) is 8.38. The molecule has 31 heavy (non-hydrogen) atoms. The molecule has 0 radical (unpaired) electrons. The predicted octanol–water partition coefficient (Wildman–Crippen LogP) is 4.84. The van der Waals surface area contributed by atoms with Crippen molar-refractivity contribution < 1.29 is 9.53 Å². The number of aromatic amines is 1. The maximum Gasteiger partial charge on any atom is 0.325 e. The first-order valence-corrected chi connectivity index (χ1v) is 11.1. The molecular weight excluding hydrogens is 388 g/mol. The summed E-state index contributed by atoms with van der Waals surface area (Å²) in [7, 11) is 0. The van der Waals surface area contributed by atoms with Gasteiger partial charge in [-0.3, -0.25) is 10.00 Å². The second-order valence-corrected chi connectivity index (χ2v) is 9.11. The first kappa shape index (κ1) is 18.5. The van der Waals surface area contributed by atoms with E-state index in [1.54, 1.807) is 6.20 Å². The van der Waals surface area contributed by atoms with Crippen molar-refractivity contribution in [1.82, 2.24) is 15.1 Å². The third-order valence-electron chi connectivity index (χ3n) is 6.75. The molecule has 1 saturated heterocycles. The second kappa shape index (κ2) is 7.15. The molecule has 2 aliphatic carbocycles. The van der Waals surface area contributed by atoms with Gasteiger partial charge in [0.1, 0.15) is 5.75 Å². The zero-order valence-corrected chi connectivity index (χ0v) is 17.5. The number of urea groups is 1. The Hall–Kier alpha value is -3.28. The van der Waals surface area contributed by atoms with E-state index >= 15 is 0 Å². The van der Waals surface area contributed by atoms with E-state index < -0.39 is 0 Å². The summed E-state index contributed by atoms with van der Waals surface area (Å²) in [5, 5.41) is 6.85. The van der Waals surface area contributed by atoms with Gasteiger partial charge in [0.05, 0.1) is 24.9 Å². The Morgan fingerprint density at radius 2 is 1.94 bits per heavy atom. The summed E-state index contributed by atoms with van der Waals surface area (Å²) in [4.78, 5) is 17.4. The Labute approximate surface area is 181 Å². The zero-order chi connectivity index (χ0) is 20.8. The van der Waals surface area contributed by atoms with Crippen LogP contribution >= 0.6 is 0 Å². The fourth-order valence-corrected chi connectivity index (χ4v) is 4.46. The van der Waals surface area contributed by atoms with Crippen molar-refractivity contribution in [2.75, 3.05) is 18.1 Å². The van der Waals surface area contributed by atoms with Gasteiger partial charge in [0.15, 0.2) is 0 Å². The van der Waals surface area contributed by atoms with Gasteiger partial charge in [-0.2, -0.15) is 5.10 Å². The molecule has 0 atom stereocenters.